The van der Waals surface area contributed by atoms with Crippen LogP contribution in [-0.2, 0) is 14.3 Å². The van der Waals surface area contributed by atoms with E-state index in [0.717, 1.165) is 35.9 Å². The monoisotopic (exact) mass is 373 g/mol. The van der Waals surface area contributed by atoms with Gasteiger partial charge in [0.15, 0.2) is 0 Å². The van der Waals surface area contributed by atoms with Gasteiger partial charge in [0.1, 0.15) is 21.0 Å². The summed E-state index contributed by atoms with van der Waals surface area (Å²) in [5.74, 6) is 0.945. The number of carbonyl (C=O) groups excluding carboxylic acids is 2. The van der Waals surface area contributed by atoms with E-state index in [1.807, 2.05) is 0 Å². The third kappa shape index (κ3) is 2.85. The van der Waals surface area contributed by atoms with E-state index in [9.17, 15) is 9.59 Å². The quantitative estimate of drug-likeness (QED) is 0.690. The van der Waals surface area contributed by atoms with Gasteiger partial charge in [-0.15, -0.1) is 11.8 Å². The second kappa shape index (κ2) is 6.42. The van der Waals surface area contributed by atoms with Crippen molar-refractivity contribution in [3.63, 3.8) is 0 Å². The van der Waals surface area contributed by atoms with Crippen LogP contribution in [0.4, 0.5) is 0 Å². The first-order valence-electron chi connectivity index (χ1n) is 7.95. The van der Waals surface area contributed by atoms with Gasteiger partial charge < -0.3 is 20.3 Å². The Kier molecular flexibility index (Phi) is 4.46. The molecule has 5 atom stereocenters. The average Bonchev–Trinajstić information content (AvgIpc) is 3.24. The van der Waals surface area contributed by atoms with Gasteiger partial charge in [0.2, 0.25) is 11.8 Å². The van der Waals surface area contributed by atoms with Gasteiger partial charge in [0.25, 0.3) is 0 Å². The highest BCUT2D eigenvalue weighted by molar-refractivity contribution is 8.24. The van der Waals surface area contributed by atoms with E-state index in [0.29, 0.717) is 6.54 Å². The lowest BCUT2D eigenvalue weighted by atomic mass is 10.0. The molecule has 0 aromatic rings. The summed E-state index contributed by atoms with van der Waals surface area (Å²) in [6.07, 6.45) is 2.79. The van der Waals surface area contributed by atoms with Crippen molar-refractivity contribution in [1.82, 2.24) is 15.5 Å². The van der Waals surface area contributed by atoms with Gasteiger partial charge in [0, 0.05) is 13.2 Å². The number of amides is 2. The first kappa shape index (κ1) is 16.0. The second-order valence-corrected chi connectivity index (χ2v) is 9.22. The molecule has 2 N–H and O–H groups in total. The molecule has 0 aliphatic carbocycles. The number of nitrogens with zero attached hydrogens (tertiary/aromatic N) is 1. The van der Waals surface area contributed by atoms with Crippen molar-refractivity contribution in [3.8, 4) is 0 Å². The van der Waals surface area contributed by atoms with Crippen molar-refractivity contribution in [2.45, 2.75) is 48.1 Å². The maximum atomic E-state index is 12.6. The van der Waals surface area contributed by atoms with Gasteiger partial charge in [-0.1, -0.05) is 24.0 Å². The molecule has 5 unspecified atom stereocenters. The predicted octanol–water partition coefficient (Wildman–Crippen LogP) is 0.314. The molecule has 126 valence electrons. The Labute approximate surface area is 148 Å². The third-order valence-electron chi connectivity index (χ3n) is 4.78. The molecular weight excluding hydrogens is 354 g/mol. The molecule has 2 amide bonds. The Morgan fingerprint density at radius 1 is 1.48 bits per heavy atom. The smallest absolute Gasteiger partial charge is 0.237 e. The average molecular weight is 374 g/mol. The molecule has 23 heavy (non-hydrogen) atoms. The highest BCUT2D eigenvalue weighted by Gasteiger charge is 2.54. The zero-order valence-electron chi connectivity index (χ0n) is 12.5. The van der Waals surface area contributed by atoms with Crippen molar-refractivity contribution in [2.75, 3.05) is 18.9 Å². The minimum atomic E-state index is -0.376. The Balaban J connectivity index is 1.44. The molecule has 4 heterocycles. The summed E-state index contributed by atoms with van der Waals surface area (Å²) in [5, 5.41) is 5.54. The highest BCUT2D eigenvalue weighted by atomic mass is 32.2. The molecular formula is C14H19N3O3S3. The lowest BCUT2D eigenvalue weighted by Crippen LogP contribution is -2.65. The van der Waals surface area contributed by atoms with Crippen LogP contribution in [0.15, 0.2) is 0 Å². The third-order valence-corrected chi connectivity index (χ3v) is 7.77. The van der Waals surface area contributed by atoms with Crippen molar-refractivity contribution in [2.24, 2.45) is 0 Å². The minimum Gasteiger partial charge on any atom is -0.376 e. The summed E-state index contributed by atoms with van der Waals surface area (Å²) >= 11 is 8.57. The molecule has 4 fully saturated rings. The van der Waals surface area contributed by atoms with Crippen LogP contribution in [0.25, 0.3) is 0 Å². The Bertz CT molecular complexity index is 541. The molecule has 0 spiro atoms. The molecule has 0 bridgehead atoms. The van der Waals surface area contributed by atoms with Crippen molar-refractivity contribution in [3.05, 3.63) is 0 Å². The number of thioether (sulfide) groups is 2. The minimum absolute atomic E-state index is 0.0426. The van der Waals surface area contributed by atoms with Crippen LogP contribution in [0.2, 0.25) is 0 Å². The number of hydrogen-bond acceptors (Lipinski definition) is 6. The summed E-state index contributed by atoms with van der Waals surface area (Å²) < 4.78 is 6.26. The fraction of sp³-hybridized carbons (Fsp3) is 0.786. The Morgan fingerprint density at radius 2 is 2.35 bits per heavy atom. The van der Waals surface area contributed by atoms with Crippen LogP contribution in [0.5, 0.6) is 0 Å². The van der Waals surface area contributed by atoms with E-state index in [-0.39, 0.29) is 40.6 Å². The van der Waals surface area contributed by atoms with Crippen LogP contribution < -0.4 is 10.6 Å². The highest BCUT2D eigenvalue weighted by Crippen LogP contribution is 2.42. The number of ether oxygens (including phenoxy) is 1. The Morgan fingerprint density at radius 3 is 3.13 bits per heavy atom. The van der Waals surface area contributed by atoms with Crippen LogP contribution in [0.3, 0.4) is 0 Å². The largest absolute Gasteiger partial charge is 0.376 e. The van der Waals surface area contributed by atoms with Crippen LogP contribution in [0, 0.1) is 0 Å². The lowest BCUT2D eigenvalue weighted by Gasteiger charge is -2.40. The molecule has 0 saturated carbocycles. The molecule has 4 saturated heterocycles. The van der Waals surface area contributed by atoms with Crippen LogP contribution in [-0.4, -0.2) is 68.8 Å². The number of rotatable bonds is 3. The van der Waals surface area contributed by atoms with Crippen LogP contribution >= 0.6 is 35.7 Å². The predicted molar refractivity (Wildman–Crippen MR) is 94.4 cm³/mol. The fourth-order valence-corrected chi connectivity index (χ4v) is 6.65. The number of hydrogen-bond donors (Lipinski definition) is 2. The van der Waals surface area contributed by atoms with Crippen molar-refractivity contribution < 1.29 is 14.3 Å². The first-order valence-corrected chi connectivity index (χ1v) is 10.3. The van der Waals surface area contributed by atoms with Gasteiger partial charge in [-0.2, -0.15) is 0 Å². The zero-order chi connectivity index (χ0) is 16.0. The van der Waals surface area contributed by atoms with Gasteiger partial charge in [-0.25, -0.2) is 0 Å². The van der Waals surface area contributed by atoms with E-state index in [1.54, 1.807) is 11.8 Å². The number of carbonyl (C=O) groups is 2. The standard InChI is InChI=1S/C14H19N3O3S3/c18-12(15-6-7-2-1-4-20-7)10-11-16-13(19)9-8(3-5-22-9)17(11)14(21)23-10/h7-11H,1-6H2,(H,15,18)(H,16,19). The molecule has 4 aliphatic heterocycles. The van der Waals surface area contributed by atoms with Gasteiger partial charge in [0.05, 0.1) is 12.1 Å². The number of nitrogens with one attached hydrogen (secondary N) is 2. The van der Waals surface area contributed by atoms with E-state index >= 15 is 0 Å². The SMILES string of the molecule is O=C1NC2C(C(=O)NCC3CCCO3)SC(=S)N2C2CCSC12. The van der Waals surface area contributed by atoms with Gasteiger partial charge in [-0.05, 0) is 25.0 Å². The van der Waals surface area contributed by atoms with Crippen molar-refractivity contribution in [1.29, 1.82) is 0 Å². The molecule has 6 nitrogen and oxygen atoms in total. The van der Waals surface area contributed by atoms with Gasteiger partial charge >= 0.3 is 0 Å². The summed E-state index contributed by atoms with van der Waals surface area (Å²) in [5.41, 5.74) is 0. The molecule has 0 aromatic carbocycles. The number of fused-ring (bicyclic) bond motifs is 3. The maximum absolute atomic E-state index is 12.6. The lowest BCUT2D eigenvalue weighted by molar-refractivity contribution is -0.127. The molecule has 0 radical (unpaired) electrons. The summed E-state index contributed by atoms with van der Waals surface area (Å²) in [6.45, 7) is 1.31. The number of thiocarbonyl (C=S) groups is 1. The normalized spacial score (nSPS) is 39.1. The summed E-state index contributed by atoms with van der Waals surface area (Å²) in [7, 11) is 0. The van der Waals surface area contributed by atoms with E-state index < -0.39 is 0 Å². The zero-order valence-corrected chi connectivity index (χ0v) is 15.0. The van der Waals surface area contributed by atoms with E-state index in [2.05, 4.69) is 15.5 Å². The molecule has 4 rings (SSSR count). The maximum Gasteiger partial charge on any atom is 0.237 e. The molecule has 9 heteroatoms. The summed E-state index contributed by atoms with van der Waals surface area (Å²) in [4.78, 5) is 27.0. The molecule has 0 aromatic heterocycles. The van der Waals surface area contributed by atoms with Gasteiger partial charge in [-0.3, -0.25) is 9.59 Å². The summed E-state index contributed by atoms with van der Waals surface area (Å²) in [6, 6.07) is 0.134. The topological polar surface area (TPSA) is 70.7 Å². The Hall–Kier alpha value is -0.510. The fourth-order valence-electron chi connectivity index (χ4n) is 3.64. The first-order chi connectivity index (χ1) is 11.1. The second-order valence-electron chi connectivity index (χ2n) is 6.19. The van der Waals surface area contributed by atoms with E-state index in [1.165, 1.54) is 11.8 Å². The molecule has 4 aliphatic rings. The van der Waals surface area contributed by atoms with Crippen molar-refractivity contribution >= 4 is 51.9 Å². The van der Waals surface area contributed by atoms with Crippen LogP contribution in [0.1, 0.15) is 19.3 Å². The van der Waals surface area contributed by atoms with E-state index in [4.69, 9.17) is 17.0 Å².